The second-order valence-corrected chi connectivity index (χ2v) is 9.67. The Hall–Kier alpha value is -2.64. The topological polar surface area (TPSA) is 84.9 Å². The molecule has 0 spiro atoms. The number of aliphatic hydroxyl groups is 1. The minimum absolute atomic E-state index is 0.00661. The Labute approximate surface area is 189 Å². The van der Waals surface area contributed by atoms with Gasteiger partial charge in [-0.25, -0.2) is 4.39 Å². The fraction of sp³-hybridized carbons (Fsp3) is 0.417. The summed E-state index contributed by atoms with van der Waals surface area (Å²) in [6.07, 6.45) is 1.49. The van der Waals surface area contributed by atoms with Gasteiger partial charge in [0.15, 0.2) is 18.5 Å². The van der Waals surface area contributed by atoms with Crippen molar-refractivity contribution in [1.82, 2.24) is 5.32 Å². The van der Waals surface area contributed by atoms with Gasteiger partial charge in [0.25, 0.3) is 5.91 Å². The number of Topliss-reactive ketones (excluding diaryl/α,β-unsaturated/α-hetero) is 1. The van der Waals surface area contributed by atoms with Gasteiger partial charge in [-0.1, -0.05) is 29.8 Å². The summed E-state index contributed by atoms with van der Waals surface area (Å²) < 4.78 is 24.6. The van der Waals surface area contributed by atoms with Gasteiger partial charge in [-0.05, 0) is 42.9 Å². The lowest BCUT2D eigenvalue weighted by atomic mass is 9.38. The summed E-state index contributed by atoms with van der Waals surface area (Å²) in [6.45, 7) is -0.220. The van der Waals surface area contributed by atoms with Gasteiger partial charge in [-0.3, -0.25) is 9.59 Å². The van der Waals surface area contributed by atoms with Crippen molar-refractivity contribution in [3.05, 3.63) is 58.9 Å². The van der Waals surface area contributed by atoms with E-state index in [0.717, 1.165) is 25.3 Å². The number of hydrogen-bond acceptors (Lipinski definition) is 5. The van der Waals surface area contributed by atoms with E-state index >= 15 is 0 Å². The third-order valence-corrected chi connectivity index (χ3v) is 7.01. The van der Waals surface area contributed by atoms with Crippen LogP contribution in [0.2, 0.25) is 5.02 Å². The summed E-state index contributed by atoms with van der Waals surface area (Å²) in [7, 11) is 0. The monoisotopic (exact) mass is 459 g/mol. The van der Waals surface area contributed by atoms with Crippen LogP contribution in [0, 0.1) is 11.2 Å². The zero-order chi connectivity index (χ0) is 22.5. The molecule has 0 unspecified atom stereocenters. The van der Waals surface area contributed by atoms with Gasteiger partial charge in [-0.15, -0.1) is 0 Å². The number of para-hydroxylation sites is 1. The number of hydrogen-bond donors (Lipinski definition) is 2. The van der Waals surface area contributed by atoms with Crippen molar-refractivity contribution in [1.29, 1.82) is 0 Å². The first kappa shape index (κ1) is 21.2. The SMILES string of the molecule is O=C(COc1ccc(Cl)c(F)c1)NC12CC(CC(=O)[C@@H]3C[C@H](O)c4ccccc4O3)(C1)C2. The molecule has 3 fully saturated rings. The third-order valence-electron chi connectivity index (χ3n) is 6.70. The highest BCUT2D eigenvalue weighted by molar-refractivity contribution is 6.30. The number of carbonyl (C=O) groups excluding carboxylic acids is 2. The van der Waals surface area contributed by atoms with Crippen LogP contribution in [-0.2, 0) is 9.59 Å². The molecule has 2 N–H and O–H groups in total. The number of halogens is 2. The van der Waals surface area contributed by atoms with Crippen LogP contribution in [0.5, 0.6) is 11.5 Å². The van der Waals surface area contributed by atoms with Gasteiger partial charge in [0.05, 0.1) is 11.1 Å². The summed E-state index contributed by atoms with van der Waals surface area (Å²) in [4.78, 5) is 25.1. The molecular weight excluding hydrogens is 437 g/mol. The van der Waals surface area contributed by atoms with Gasteiger partial charge >= 0.3 is 0 Å². The molecule has 2 aromatic carbocycles. The predicted molar refractivity (Wildman–Crippen MR) is 114 cm³/mol. The first-order valence-electron chi connectivity index (χ1n) is 10.6. The molecule has 3 saturated carbocycles. The number of carbonyl (C=O) groups is 2. The molecular formula is C24H23ClFNO5. The molecule has 2 aromatic rings. The third kappa shape index (κ3) is 3.84. The number of nitrogens with one attached hydrogen (secondary N) is 1. The number of fused-ring (bicyclic) bond motifs is 1. The maximum absolute atomic E-state index is 13.5. The zero-order valence-corrected chi connectivity index (χ0v) is 18.0. The molecule has 3 aliphatic carbocycles. The molecule has 168 valence electrons. The van der Waals surface area contributed by atoms with Crippen molar-refractivity contribution >= 4 is 23.3 Å². The number of rotatable bonds is 7. The zero-order valence-electron chi connectivity index (χ0n) is 17.3. The van der Waals surface area contributed by atoms with Crippen LogP contribution in [0.3, 0.4) is 0 Å². The molecule has 6 rings (SSSR count). The standard InChI is InChI=1S/C24H23ClFNO5/c25-16-6-5-14(7-17(16)26)31-10-22(30)27-24-11-23(12-24,13-24)9-19(29)21-8-18(28)15-3-1-2-4-20(15)32-21/h1-7,18,21,28H,8-13H2,(H,27,30)/t18-,21-,23?,24?/m0/s1. The molecule has 8 heteroatoms. The molecule has 1 heterocycles. The molecule has 2 atom stereocenters. The number of ether oxygens (including phenoxy) is 2. The Morgan fingerprint density at radius 3 is 2.72 bits per heavy atom. The largest absolute Gasteiger partial charge is 0.484 e. The Balaban J connectivity index is 1.09. The highest BCUT2D eigenvalue weighted by Crippen LogP contribution is 2.69. The molecule has 0 saturated heterocycles. The van der Waals surface area contributed by atoms with Crippen LogP contribution in [-0.4, -0.2) is 35.0 Å². The first-order valence-corrected chi connectivity index (χ1v) is 11.0. The van der Waals surface area contributed by atoms with Crippen molar-refractivity contribution in [2.24, 2.45) is 5.41 Å². The number of amides is 1. The van der Waals surface area contributed by atoms with Crippen LogP contribution in [0.4, 0.5) is 4.39 Å². The van der Waals surface area contributed by atoms with Crippen molar-refractivity contribution < 1.29 is 28.6 Å². The van der Waals surface area contributed by atoms with Crippen molar-refractivity contribution in [3.8, 4) is 11.5 Å². The van der Waals surface area contributed by atoms with Crippen LogP contribution in [0.15, 0.2) is 42.5 Å². The molecule has 0 radical (unpaired) electrons. The lowest BCUT2D eigenvalue weighted by Crippen LogP contribution is -2.75. The minimum atomic E-state index is -0.707. The summed E-state index contributed by atoms with van der Waals surface area (Å²) in [5.74, 6) is -0.0976. The average Bonchev–Trinajstić information content (AvgIpc) is 2.72. The predicted octanol–water partition coefficient (Wildman–Crippen LogP) is 3.74. The van der Waals surface area contributed by atoms with E-state index in [1.807, 2.05) is 12.1 Å². The van der Waals surface area contributed by atoms with E-state index in [0.29, 0.717) is 17.7 Å². The van der Waals surface area contributed by atoms with Gasteiger partial charge < -0.3 is 19.9 Å². The average molecular weight is 460 g/mol. The lowest BCUT2D eigenvalue weighted by molar-refractivity contribution is -0.175. The van der Waals surface area contributed by atoms with Crippen molar-refractivity contribution in [2.45, 2.75) is 49.9 Å². The Kier molecular flexibility index (Phi) is 5.13. The van der Waals surface area contributed by atoms with Crippen LogP contribution in [0.25, 0.3) is 0 Å². The normalized spacial score (nSPS) is 29.6. The number of ketones is 1. The first-order chi connectivity index (χ1) is 15.3. The molecule has 4 aliphatic rings. The van der Waals surface area contributed by atoms with Gasteiger partial charge in [-0.2, -0.15) is 0 Å². The molecule has 1 amide bonds. The minimum Gasteiger partial charge on any atom is -0.484 e. The Bertz CT molecular complexity index is 1070. The molecule has 2 bridgehead atoms. The van der Waals surface area contributed by atoms with Crippen LogP contribution in [0.1, 0.15) is 43.8 Å². The van der Waals surface area contributed by atoms with E-state index in [2.05, 4.69) is 5.32 Å². The number of benzene rings is 2. The summed E-state index contributed by atoms with van der Waals surface area (Å²) in [5.41, 5.74) is 0.327. The second-order valence-electron chi connectivity index (χ2n) is 9.26. The molecule has 6 nitrogen and oxygen atoms in total. The quantitative estimate of drug-likeness (QED) is 0.659. The second kappa shape index (κ2) is 7.74. The van der Waals surface area contributed by atoms with Gasteiger partial charge in [0.2, 0.25) is 0 Å². The highest BCUT2D eigenvalue weighted by atomic mass is 35.5. The highest BCUT2D eigenvalue weighted by Gasteiger charge is 2.68. The molecule has 0 aromatic heterocycles. The fourth-order valence-electron chi connectivity index (χ4n) is 5.44. The molecule has 1 aliphatic heterocycles. The van der Waals surface area contributed by atoms with Crippen LogP contribution >= 0.6 is 11.6 Å². The Morgan fingerprint density at radius 2 is 1.97 bits per heavy atom. The van der Waals surface area contributed by atoms with E-state index in [4.69, 9.17) is 21.1 Å². The van der Waals surface area contributed by atoms with E-state index < -0.39 is 18.0 Å². The Morgan fingerprint density at radius 1 is 1.22 bits per heavy atom. The van der Waals surface area contributed by atoms with E-state index in [1.165, 1.54) is 12.1 Å². The van der Waals surface area contributed by atoms with E-state index in [1.54, 1.807) is 12.1 Å². The number of aliphatic hydroxyl groups excluding tert-OH is 1. The maximum atomic E-state index is 13.5. The summed E-state index contributed by atoms with van der Waals surface area (Å²) in [5, 5.41) is 13.3. The van der Waals surface area contributed by atoms with E-state index in [-0.39, 0.29) is 46.4 Å². The molecule has 32 heavy (non-hydrogen) atoms. The van der Waals surface area contributed by atoms with Crippen molar-refractivity contribution in [3.63, 3.8) is 0 Å². The van der Waals surface area contributed by atoms with E-state index in [9.17, 15) is 19.1 Å². The summed E-state index contributed by atoms with van der Waals surface area (Å²) >= 11 is 5.64. The van der Waals surface area contributed by atoms with Crippen molar-refractivity contribution in [2.75, 3.05) is 6.61 Å². The van der Waals surface area contributed by atoms with Crippen LogP contribution < -0.4 is 14.8 Å². The lowest BCUT2D eigenvalue weighted by Gasteiger charge is -2.70. The maximum Gasteiger partial charge on any atom is 0.258 e. The van der Waals surface area contributed by atoms with Gasteiger partial charge in [0.1, 0.15) is 17.3 Å². The van der Waals surface area contributed by atoms with Gasteiger partial charge in [0, 0.05) is 30.0 Å². The summed E-state index contributed by atoms with van der Waals surface area (Å²) in [6, 6.07) is 11.2. The fourth-order valence-corrected chi connectivity index (χ4v) is 5.56. The smallest absolute Gasteiger partial charge is 0.258 e.